The normalized spacial score (nSPS) is 10.2. The summed E-state index contributed by atoms with van der Waals surface area (Å²) in [5.41, 5.74) is 0. The Hall–Kier alpha value is -1.91. The van der Waals surface area contributed by atoms with Crippen LogP contribution in [-0.2, 0) is 7.05 Å². The number of imidazole rings is 1. The molecule has 0 amide bonds. The van der Waals surface area contributed by atoms with Crippen LogP contribution in [0.25, 0.3) is 17.7 Å². The van der Waals surface area contributed by atoms with Crippen LogP contribution in [-0.4, -0.2) is 19.7 Å². The van der Waals surface area contributed by atoms with Gasteiger partial charge in [0.25, 0.3) is 0 Å². The molecule has 2 heterocycles. The highest BCUT2D eigenvalue weighted by atomic mass is 16.5. The summed E-state index contributed by atoms with van der Waals surface area (Å²) in [7, 11) is 1.87. The topological polar surface area (TPSA) is 56.7 Å². The molecule has 13 heavy (non-hydrogen) atoms. The van der Waals surface area contributed by atoms with Gasteiger partial charge < -0.3 is 9.09 Å². The molecule has 2 aromatic rings. The van der Waals surface area contributed by atoms with Gasteiger partial charge in [-0.25, -0.2) is 4.98 Å². The van der Waals surface area contributed by atoms with Gasteiger partial charge in [0.15, 0.2) is 5.82 Å². The predicted molar refractivity (Wildman–Crippen MR) is 46.6 cm³/mol. The van der Waals surface area contributed by atoms with E-state index < -0.39 is 0 Å². The van der Waals surface area contributed by atoms with Crippen molar-refractivity contribution in [2.75, 3.05) is 0 Å². The van der Waals surface area contributed by atoms with E-state index >= 15 is 0 Å². The van der Waals surface area contributed by atoms with Crippen LogP contribution in [0.4, 0.5) is 0 Å². The maximum atomic E-state index is 4.86. The van der Waals surface area contributed by atoms with Crippen LogP contribution in [0.5, 0.6) is 0 Å². The lowest BCUT2D eigenvalue weighted by Gasteiger charge is -1.92. The Kier molecular flexibility index (Phi) is 1.70. The Bertz CT molecular complexity index is 429. The fourth-order valence-corrected chi connectivity index (χ4v) is 0.990. The van der Waals surface area contributed by atoms with E-state index in [0.717, 1.165) is 0 Å². The summed E-state index contributed by atoms with van der Waals surface area (Å²) < 4.78 is 6.68. The number of hydrogen-bond acceptors (Lipinski definition) is 4. The van der Waals surface area contributed by atoms with Gasteiger partial charge >= 0.3 is 0 Å². The molecule has 5 heteroatoms. The quantitative estimate of drug-likeness (QED) is 0.687. The number of hydrogen-bond donors (Lipinski definition) is 0. The maximum Gasteiger partial charge on any atom is 0.250 e. The SMILES string of the molecule is C=Cc1nc(-c2nccn2C)no1. The van der Waals surface area contributed by atoms with Gasteiger partial charge in [0.05, 0.1) is 0 Å². The van der Waals surface area contributed by atoms with Crippen molar-refractivity contribution in [1.82, 2.24) is 19.7 Å². The van der Waals surface area contributed by atoms with Crippen LogP contribution < -0.4 is 0 Å². The van der Waals surface area contributed by atoms with Crippen LogP contribution in [0.3, 0.4) is 0 Å². The Morgan fingerprint density at radius 3 is 3.00 bits per heavy atom. The second-order valence-corrected chi connectivity index (χ2v) is 2.52. The molecule has 0 saturated carbocycles. The van der Waals surface area contributed by atoms with Crippen molar-refractivity contribution < 1.29 is 4.52 Å². The summed E-state index contributed by atoms with van der Waals surface area (Å²) >= 11 is 0. The largest absolute Gasteiger partial charge is 0.334 e. The average molecular weight is 176 g/mol. The molecule has 0 aromatic carbocycles. The minimum absolute atomic E-state index is 0.401. The maximum absolute atomic E-state index is 4.86. The van der Waals surface area contributed by atoms with Crippen molar-refractivity contribution in [1.29, 1.82) is 0 Å². The first-order valence-electron chi connectivity index (χ1n) is 3.75. The minimum atomic E-state index is 0.401. The van der Waals surface area contributed by atoms with E-state index in [9.17, 15) is 0 Å². The van der Waals surface area contributed by atoms with Crippen LogP contribution in [0.1, 0.15) is 5.89 Å². The smallest absolute Gasteiger partial charge is 0.250 e. The van der Waals surface area contributed by atoms with Crippen molar-refractivity contribution in [2.45, 2.75) is 0 Å². The van der Waals surface area contributed by atoms with Gasteiger partial charge in [-0.15, -0.1) is 0 Å². The molecule has 0 N–H and O–H groups in total. The van der Waals surface area contributed by atoms with Crippen molar-refractivity contribution in [3.63, 3.8) is 0 Å². The van der Waals surface area contributed by atoms with Crippen molar-refractivity contribution in [3.05, 3.63) is 24.9 Å². The van der Waals surface area contributed by atoms with Crippen molar-refractivity contribution in [2.24, 2.45) is 7.05 Å². The highest BCUT2D eigenvalue weighted by Crippen LogP contribution is 2.12. The Balaban J connectivity index is 2.46. The molecule has 0 spiro atoms. The summed E-state index contributed by atoms with van der Waals surface area (Å²) in [6.07, 6.45) is 5.00. The molecule has 0 unspecified atom stereocenters. The highest BCUT2D eigenvalue weighted by Gasteiger charge is 2.09. The predicted octanol–water partition coefficient (Wildman–Crippen LogP) is 1.11. The zero-order valence-corrected chi connectivity index (χ0v) is 7.14. The second-order valence-electron chi connectivity index (χ2n) is 2.52. The van der Waals surface area contributed by atoms with Crippen LogP contribution in [0.15, 0.2) is 23.5 Å². The van der Waals surface area contributed by atoms with Gasteiger partial charge in [0, 0.05) is 19.4 Å². The van der Waals surface area contributed by atoms with E-state index in [1.807, 2.05) is 17.8 Å². The monoisotopic (exact) mass is 176 g/mol. The first-order valence-corrected chi connectivity index (χ1v) is 3.75. The van der Waals surface area contributed by atoms with Crippen LogP contribution in [0.2, 0.25) is 0 Å². The lowest BCUT2D eigenvalue weighted by atomic mass is 10.5. The first kappa shape index (κ1) is 7.72. The third-order valence-electron chi connectivity index (χ3n) is 1.64. The summed E-state index contributed by atoms with van der Waals surface area (Å²) in [6, 6.07) is 0. The molecule has 0 atom stereocenters. The number of nitrogens with zero attached hydrogens (tertiary/aromatic N) is 4. The van der Waals surface area contributed by atoms with Crippen LogP contribution >= 0.6 is 0 Å². The third-order valence-corrected chi connectivity index (χ3v) is 1.64. The molecular formula is C8H8N4O. The molecule has 2 aromatic heterocycles. The Morgan fingerprint density at radius 2 is 2.46 bits per heavy atom. The summed E-state index contributed by atoms with van der Waals surface area (Å²) in [6.45, 7) is 3.52. The zero-order chi connectivity index (χ0) is 9.26. The third kappa shape index (κ3) is 1.24. The first-order chi connectivity index (χ1) is 6.31. The Morgan fingerprint density at radius 1 is 1.62 bits per heavy atom. The molecule has 0 radical (unpaired) electrons. The molecule has 0 aliphatic rings. The molecular weight excluding hydrogens is 168 g/mol. The van der Waals surface area contributed by atoms with Crippen molar-refractivity contribution in [3.8, 4) is 11.6 Å². The average Bonchev–Trinajstić information content (AvgIpc) is 2.71. The molecule has 0 saturated heterocycles. The molecule has 5 nitrogen and oxygen atoms in total. The number of rotatable bonds is 2. The van der Waals surface area contributed by atoms with Gasteiger partial charge in [-0.3, -0.25) is 0 Å². The molecule has 0 aliphatic carbocycles. The van der Waals surface area contributed by atoms with E-state index in [-0.39, 0.29) is 0 Å². The number of aromatic nitrogens is 4. The van der Waals surface area contributed by atoms with Gasteiger partial charge in [0.2, 0.25) is 11.7 Å². The van der Waals surface area contributed by atoms with E-state index in [1.54, 1.807) is 6.20 Å². The van der Waals surface area contributed by atoms with Gasteiger partial charge in [-0.2, -0.15) is 4.98 Å². The fraction of sp³-hybridized carbons (Fsp3) is 0.125. The molecule has 66 valence electrons. The summed E-state index contributed by atoms with van der Waals surface area (Å²) in [4.78, 5) is 8.13. The van der Waals surface area contributed by atoms with E-state index in [2.05, 4.69) is 21.7 Å². The number of aryl methyl sites for hydroxylation is 1. The van der Waals surface area contributed by atoms with E-state index in [1.165, 1.54) is 6.08 Å². The van der Waals surface area contributed by atoms with Crippen LogP contribution in [0, 0.1) is 0 Å². The Labute approximate surface area is 74.7 Å². The summed E-state index contributed by atoms with van der Waals surface area (Å²) in [5, 5.41) is 3.75. The minimum Gasteiger partial charge on any atom is -0.334 e. The van der Waals surface area contributed by atoms with E-state index in [4.69, 9.17) is 4.52 Å². The van der Waals surface area contributed by atoms with Crippen molar-refractivity contribution >= 4 is 6.08 Å². The van der Waals surface area contributed by atoms with E-state index in [0.29, 0.717) is 17.5 Å². The lowest BCUT2D eigenvalue weighted by Crippen LogP contribution is -1.92. The van der Waals surface area contributed by atoms with Gasteiger partial charge in [-0.05, 0) is 6.08 Å². The molecule has 2 rings (SSSR count). The fourth-order valence-electron chi connectivity index (χ4n) is 0.990. The molecule has 0 bridgehead atoms. The van der Waals surface area contributed by atoms with Gasteiger partial charge in [-0.1, -0.05) is 11.7 Å². The second kappa shape index (κ2) is 2.85. The molecule has 0 aliphatic heterocycles. The highest BCUT2D eigenvalue weighted by molar-refractivity contribution is 5.45. The van der Waals surface area contributed by atoms with Gasteiger partial charge in [0.1, 0.15) is 0 Å². The standard InChI is InChI=1S/C8H8N4O/c1-3-6-10-7(11-13-6)8-9-4-5-12(8)2/h3-5H,1H2,2H3. The lowest BCUT2D eigenvalue weighted by molar-refractivity contribution is 0.410. The zero-order valence-electron chi connectivity index (χ0n) is 7.14. The summed E-state index contributed by atoms with van der Waals surface area (Å²) in [5.74, 6) is 1.55. The molecule has 0 fully saturated rings.